The Hall–Kier alpha value is -0.120. The quantitative estimate of drug-likeness (QED) is 0.142. The molecule has 0 bridgehead atoms. The Kier molecular flexibility index (Phi) is 14.4. The van der Waals surface area contributed by atoms with Gasteiger partial charge in [0.05, 0.1) is 0 Å². The van der Waals surface area contributed by atoms with E-state index in [4.69, 9.17) is 0 Å². The zero-order valence-corrected chi connectivity index (χ0v) is 21.7. The van der Waals surface area contributed by atoms with Crippen molar-refractivity contribution in [2.45, 2.75) is 110 Å². The highest BCUT2D eigenvalue weighted by Gasteiger charge is 2.10. The smallest absolute Gasteiger partial charge is 0.0474 e. The molecule has 0 saturated carbocycles. The van der Waals surface area contributed by atoms with Crippen molar-refractivity contribution in [3.63, 3.8) is 0 Å². The molecule has 0 aromatic carbocycles. The molecule has 0 aliphatic rings. The van der Waals surface area contributed by atoms with Crippen molar-refractivity contribution in [3.8, 4) is 9.75 Å². The van der Waals surface area contributed by atoms with Gasteiger partial charge in [0.25, 0.3) is 0 Å². The molecule has 2 rings (SSSR count). The van der Waals surface area contributed by atoms with E-state index in [9.17, 15) is 0 Å². The number of unbranched alkanes of at least 4 members (excludes halogenated alkanes) is 12. The Labute approximate surface area is 196 Å². The SMILES string of the molecule is CCCCCCCCCCCCc1csc(-c2sccc2CCCCCCBr)c1. The summed E-state index contributed by atoms with van der Waals surface area (Å²) in [5.74, 6) is 0. The van der Waals surface area contributed by atoms with Crippen molar-refractivity contribution in [2.24, 2.45) is 0 Å². The van der Waals surface area contributed by atoms with Crippen LogP contribution in [0.5, 0.6) is 0 Å². The summed E-state index contributed by atoms with van der Waals surface area (Å²) in [5, 5.41) is 5.83. The maximum atomic E-state index is 3.53. The van der Waals surface area contributed by atoms with Crippen LogP contribution in [0.25, 0.3) is 9.75 Å². The summed E-state index contributed by atoms with van der Waals surface area (Å²) in [6, 6.07) is 4.82. The molecule has 0 aliphatic heterocycles. The van der Waals surface area contributed by atoms with E-state index in [1.165, 1.54) is 112 Å². The monoisotopic (exact) mass is 496 g/mol. The molecule has 2 aromatic heterocycles. The molecule has 3 heteroatoms. The molecule has 0 saturated heterocycles. The maximum absolute atomic E-state index is 3.53. The van der Waals surface area contributed by atoms with E-state index in [0.29, 0.717) is 0 Å². The minimum atomic E-state index is 1.15. The molecule has 164 valence electrons. The Bertz CT molecular complexity index is 628. The molecule has 0 radical (unpaired) electrons. The summed E-state index contributed by atoms with van der Waals surface area (Å²) < 4.78 is 0. The molecule has 0 atom stereocenters. The van der Waals surface area contributed by atoms with Crippen molar-refractivity contribution >= 4 is 38.6 Å². The van der Waals surface area contributed by atoms with E-state index in [1.807, 2.05) is 22.7 Å². The Balaban J connectivity index is 1.61. The van der Waals surface area contributed by atoms with Gasteiger partial charge in [0.2, 0.25) is 0 Å². The fourth-order valence-corrected chi connectivity index (χ4v) is 6.43. The fourth-order valence-electron chi connectivity index (χ4n) is 3.95. The first-order valence-corrected chi connectivity index (χ1v) is 14.9. The van der Waals surface area contributed by atoms with E-state index in [2.05, 4.69) is 45.7 Å². The van der Waals surface area contributed by atoms with Gasteiger partial charge in [0.1, 0.15) is 0 Å². The van der Waals surface area contributed by atoms with Gasteiger partial charge in [-0.05, 0) is 66.1 Å². The summed E-state index contributed by atoms with van der Waals surface area (Å²) >= 11 is 7.42. The van der Waals surface area contributed by atoms with Gasteiger partial charge < -0.3 is 0 Å². The van der Waals surface area contributed by atoms with Gasteiger partial charge in [-0.1, -0.05) is 93.5 Å². The van der Waals surface area contributed by atoms with Crippen LogP contribution in [-0.4, -0.2) is 5.33 Å². The van der Waals surface area contributed by atoms with Gasteiger partial charge in [0, 0.05) is 15.1 Å². The van der Waals surface area contributed by atoms with E-state index >= 15 is 0 Å². The first-order chi connectivity index (χ1) is 14.3. The summed E-state index contributed by atoms with van der Waals surface area (Å²) in [4.78, 5) is 3.03. The number of halogens is 1. The summed E-state index contributed by atoms with van der Waals surface area (Å²) in [6.45, 7) is 2.30. The third-order valence-corrected chi connectivity index (χ3v) is 8.45. The molecule has 0 nitrogen and oxygen atoms in total. The largest absolute Gasteiger partial charge is 0.143 e. The third-order valence-electron chi connectivity index (χ3n) is 5.77. The van der Waals surface area contributed by atoms with Crippen molar-refractivity contribution in [1.82, 2.24) is 0 Å². The van der Waals surface area contributed by atoms with Gasteiger partial charge in [-0.15, -0.1) is 22.7 Å². The minimum absolute atomic E-state index is 1.15. The average molecular weight is 498 g/mol. The molecule has 0 aliphatic carbocycles. The summed E-state index contributed by atoms with van der Waals surface area (Å²) in [5.41, 5.74) is 3.13. The molecule has 0 amide bonds. The molecule has 0 fully saturated rings. The van der Waals surface area contributed by atoms with Crippen LogP contribution in [0.1, 0.15) is 108 Å². The van der Waals surface area contributed by atoms with Crippen LogP contribution in [0.4, 0.5) is 0 Å². The predicted molar refractivity (Wildman–Crippen MR) is 139 cm³/mol. The Morgan fingerprint density at radius 3 is 2.03 bits per heavy atom. The lowest BCUT2D eigenvalue weighted by Crippen LogP contribution is -1.86. The standard InChI is InChI=1S/C26H41BrS2/c1-2-3-4-5-6-7-8-9-10-13-16-23-21-25(29-22-23)26-24(18-20-28-26)17-14-11-12-15-19-27/h18,20-22H,2-17,19H2,1H3. The first-order valence-electron chi connectivity index (χ1n) is 12.0. The number of rotatable bonds is 18. The van der Waals surface area contributed by atoms with Crippen LogP contribution < -0.4 is 0 Å². The second kappa shape index (κ2) is 16.6. The van der Waals surface area contributed by atoms with Gasteiger partial charge in [0.15, 0.2) is 0 Å². The van der Waals surface area contributed by atoms with Gasteiger partial charge in [-0.3, -0.25) is 0 Å². The lowest BCUT2D eigenvalue weighted by Gasteiger charge is -2.03. The molecule has 0 unspecified atom stereocenters. The average Bonchev–Trinajstić information content (AvgIpc) is 3.38. The van der Waals surface area contributed by atoms with E-state index < -0.39 is 0 Å². The number of alkyl halides is 1. The van der Waals surface area contributed by atoms with Crippen molar-refractivity contribution < 1.29 is 0 Å². The molecule has 2 heterocycles. The highest BCUT2D eigenvalue weighted by molar-refractivity contribution is 9.09. The number of hydrogen-bond acceptors (Lipinski definition) is 2. The van der Waals surface area contributed by atoms with Crippen LogP contribution in [0.3, 0.4) is 0 Å². The molecule has 0 spiro atoms. The lowest BCUT2D eigenvalue weighted by molar-refractivity contribution is 0.556. The first kappa shape index (κ1) is 25.1. The van der Waals surface area contributed by atoms with Crippen molar-refractivity contribution in [2.75, 3.05) is 5.33 Å². The zero-order chi connectivity index (χ0) is 20.6. The van der Waals surface area contributed by atoms with Crippen LogP contribution in [0.15, 0.2) is 22.9 Å². The zero-order valence-electron chi connectivity index (χ0n) is 18.5. The predicted octanol–water partition coefficient (Wildman–Crippen LogP) is 10.4. The number of hydrogen-bond donors (Lipinski definition) is 0. The molecule has 0 N–H and O–H groups in total. The molecular weight excluding hydrogens is 456 g/mol. The van der Waals surface area contributed by atoms with E-state index in [-0.39, 0.29) is 0 Å². The maximum Gasteiger partial charge on any atom is 0.0474 e. The Morgan fingerprint density at radius 2 is 1.34 bits per heavy atom. The molecule has 2 aromatic rings. The molecule has 29 heavy (non-hydrogen) atoms. The molecular formula is C26H41BrS2. The van der Waals surface area contributed by atoms with Crippen LogP contribution in [-0.2, 0) is 12.8 Å². The second-order valence-corrected chi connectivity index (χ2v) is 11.0. The van der Waals surface area contributed by atoms with Gasteiger partial charge >= 0.3 is 0 Å². The highest BCUT2D eigenvalue weighted by Crippen LogP contribution is 2.35. The summed E-state index contributed by atoms with van der Waals surface area (Å²) in [7, 11) is 0. The van der Waals surface area contributed by atoms with Crippen LogP contribution >= 0.6 is 38.6 Å². The Morgan fingerprint density at radius 1 is 0.724 bits per heavy atom. The van der Waals surface area contributed by atoms with Gasteiger partial charge in [-0.25, -0.2) is 0 Å². The lowest BCUT2D eigenvalue weighted by atomic mass is 10.0. The number of aryl methyl sites for hydroxylation is 2. The van der Waals surface area contributed by atoms with E-state index in [0.717, 1.165) is 5.33 Å². The van der Waals surface area contributed by atoms with Crippen LogP contribution in [0.2, 0.25) is 0 Å². The van der Waals surface area contributed by atoms with Crippen molar-refractivity contribution in [3.05, 3.63) is 34.0 Å². The minimum Gasteiger partial charge on any atom is -0.143 e. The highest BCUT2D eigenvalue weighted by atomic mass is 79.9. The van der Waals surface area contributed by atoms with E-state index in [1.54, 1.807) is 11.1 Å². The van der Waals surface area contributed by atoms with Gasteiger partial charge in [-0.2, -0.15) is 0 Å². The van der Waals surface area contributed by atoms with Crippen LogP contribution in [0, 0.1) is 0 Å². The third kappa shape index (κ3) is 10.6. The number of thiophene rings is 2. The fraction of sp³-hybridized carbons (Fsp3) is 0.692. The summed E-state index contributed by atoms with van der Waals surface area (Å²) in [6.07, 6.45) is 22.1. The normalized spacial score (nSPS) is 11.4. The second-order valence-electron chi connectivity index (χ2n) is 8.38. The topological polar surface area (TPSA) is 0 Å². The van der Waals surface area contributed by atoms with Crippen molar-refractivity contribution in [1.29, 1.82) is 0 Å².